The SMILES string of the molecule is Cc1ccc(Cl)c(Nc2ccc(N)cc2C)c1. The van der Waals surface area contributed by atoms with E-state index < -0.39 is 0 Å². The third kappa shape index (κ3) is 2.71. The van der Waals surface area contributed by atoms with Crippen molar-refractivity contribution in [2.24, 2.45) is 0 Å². The molecule has 0 saturated heterocycles. The van der Waals surface area contributed by atoms with Crippen molar-refractivity contribution in [3.05, 3.63) is 52.5 Å². The first-order chi connectivity index (χ1) is 8.06. The highest BCUT2D eigenvalue weighted by molar-refractivity contribution is 6.33. The first-order valence-electron chi connectivity index (χ1n) is 5.45. The average molecular weight is 247 g/mol. The zero-order valence-corrected chi connectivity index (χ0v) is 10.7. The maximum Gasteiger partial charge on any atom is 0.0641 e. The van der Waals surface area contributed by atoms with Crippen molar-refractivity contribution in [2.75, 3.05) is 11.1 Å². The molecule has 0 aliphatic rings. The summed E-state index contributed by atoms with van der Waals surface area (Å²) in [6.07, 6.45) is 0. The second-order valence-electron chi connectivity index (χ2n) is 4.18. The van der Waals surface area contributed by atoms with Gasteiger partial charge in [0, 0.05) is 11.4 Å². The van der Waals surface area contributed by atoms with E-state index in [-0.39, 0.29) is 0 Å². The van der Waals surface area contributed by atoms with Gasteiger partial charge in [0.25, 0.3) is 0 Å². The third-order valence-electron chi connectivity index (χ3n) is 2.64. The van der Waals surface area contributed by atoms with Crippen LogP contribution in [0.25, 0.3) is 0 Å². The lowest BCUT2D eigenvalue weighted by Gasteiger charge is -2.12. The van der Waals surface area contributed by atoms with E-state index in [1.54, 1.807) is 0 Å². The van der Waals surface area contributed by atoms with Gasteiger partial charge in [-0.15, -0.1) is 0 Å². The van der Waals surface area contributed by atoms with Gasteiger partial charge in [0.05, 0.1) is 10.7 Å². The van der Waals surface area contributed by atoms with Gasteiger partial charge < -0.3 is 11.1 Å². The molecule has 3 N–H and O–H groups in total. The van der Waals surface area contributed by atoms with Crippen molar-refractivity contribution < 1.29 is 0 Å². The van der Waals surface area contributed by atoms with Crippen LogP contribution in [0.15, 0.2) is 36.4 Å². The van der Waals surface area contributed by atoms with Crippen LogP contribution in [-0.4, -0.2) is 0 Å². The second kappa shape index (κ2) is 4.68. The zero-order chi connectivity index (χ0) is 12.4. The quantitative estimate of drug-likeness (QED) is 0.776. The van der Waals surface area contributed by atoms with Crippen molar-refractivity contribution in [1.29, 1.82) is 0 Å². The number of benzene rings is 2. The fourth-order valence-corrected chi connectivity index (χ4v) is 1.87. The Morgan fingerprint density at radius 3 is 2.47 bits per heavy atom. The molecular weight excluding hydrogens is 232 g/mol. The minimum atomic E-state index is 0.715. The van der Waals surface area contributed by atoms with E-state index in [0.717, 1.165) is 22.6 Å². The van der Waals surface area contributed by atoms with Gasteiger partial charge in [-0.25, -0.2) is 0 Å². The third-order valence-corrected chi connectivity index (χ3v) is 2.97. The molecular formula is C14H15ClN2. The number of aryl methyl sites for hydroxylation is 2. The fourth-order valence-electron chi connectivity index (χ4n) is 1.71. The molecule has 0 amide bonds. The van der Waals surface area contributed by atoms with Crippen LogP contribution in [0.4, 0.5) is 17.1 Å². The van der Waals surface area contributed by atoms with Gasteiger partial charge in [0.2, 0.25) is 0 Å². The highest BCUT2D eigenvalue weighted by Gasteiger charge is 2.03. The molecule has 2 aromatic rings. The molecule has 2 nitrogen and oxygen atoms in total. The normalized spacial score (nSPS) is 10.3. The van der Waals surface area contributed by atoms with Gasteiger partial charge >= 0.3 is 0 Å². The molecule has 0 aliphatic carbocycles. The number of hydrogen-bond donors (Lipinski definition) is 2. The number of anilines is 3. The van der Waals surface area contributed by atoms with Gasteiger partial charge in [0.15, 0.2) is 0 Å². The van der Waals surface area contributed by atoms with Crippen LogP contribution in [0.2, 0.25) is 5.02 Å². The largest absolute Gasteiger partial charge is 0.399 e. The van der Waals surface area contributed by atoms with Gasteiger partial charge in [-0.2, -0.15) is 0 Å². The maximum absolute atomic E-state index is 6.14. The molecule has 0 aliphatic heterocycles. The van der Waals surface area contributed by atoms with Gasteiger partial charge in [-0.1, -0.05) is 17.7 Å². The molecule has 0 aromatic heterocycles. The Morgan fingerprint density at radius 2 is 1.76 bits per heavy atom. The molecule has 88 valence electrons. The summed E-state index contributed by atoms with van der Waals surface area (Å²) in [4.78, 5) is 0. The van der Waals surface area contributed by atoms with E-state index in [1.807, 2.05) is 50.2 Å². The van der Waals surface area contributed by atoms with E-state index in [2.05, 4.69) is 5.32 Å². The number of hydrogen-bond acceptors (Lipinski definition) is 2. The highest BCUT2D eigenvalue weighted by Crippen LogP contribution is 2.28. The lowest BCUT2D eigenvalue weighted by Crippen LogP contribution is -1.95. The predicted molar refractivity (Wildman–Crippen MR) is 75.1 cm³/mol. The predicted octanol–water partition coefficient (Wildman–Crippen LogP) is 4.28. The number of nitrogens with two attached hydrogens (primary N) is 1. The fraction of sp³-hybridized carbons (Fsp3) is 0.143. The lowest BCUT2D eigenvalue weighted by atomic mass is 10.1. The van der Waals surface area contributed by atoms with Crippen LogP contribution >= 0.6 is 11.6 Å². The topological polar surface area (TPSA) is 38.0 Å². The first kappa shape index (κ1) is 11.8. The Labute approximate surface area is 106 Å². The summed E-state index contributed by atoms with van der Waals surface area (Å²) in [6, 6.07) is 11.7. The summed E-state index contributed by atoms with van der Waals surface area (Å²) in [5.41, 5.74) is 10.7. The molecule has 0 heterocycles. The molecule has 0 bridgehead atoms. The monoisotopic (exact) mass is 246 g/mol. The van der Waals surface area contributed by atoms with E-state index in [9.17, 15) is 0 Å². The number of nitrogens with one attached hydrogen (secondary N) is 1. The zero-order valence-electron chi connectivity index (χ0n) is 9.92. The summed E-state index contributed by atoms with van der Waals surface area (Å²) >= 11 is 6.14. The van der Waals surface area contributed by atoms with E-state index >= 15 is 0 Å². The lowest BCUT2D eigenvalue weighted by molar-refractivity contribution is 1.41. The average Bonchev–Trinajstić information content (AvgIpc) is 2.27. The van der Waals surface area contributed by atoms with Gasteiger partial charge in [-0.05, 0) is 55.3 Å². The van der Waals surface area contributed by atoms with Gasteiger partial charge in [-0.3, -0.25) is 0 Å². The summed E-state index contributed by atoms with van der Waals surface area (Å²) in [5, 5.41) is 4.04. The highest BCUT2D eigenvalue weighted by atomic mass is 35.5. The number of rotatable bonds is 2. The smallest absolute Gasteiger partial charge is 0.0641 e. The standard InChI is InChI=1S/C14H15ClN2/c1-9-3-5-12(15)14(7-9)17-13-6-4-11(16)8-10(13)2/h3-8,17H,16H2,1-2H3. The van der Waals surface area contributed by atoms with E-state index in [1.165, 1.54) is 5.56 Å². The van der Waals surface area contributed by atoms with Crippen LogP contribution in [0, 0.1) is 13.8 Å². The van der Waals surface area contributed by atoms with Crippen LogP contribution in [0.1, 0.15) is 11.1 Å². The Hall–Kier alpha value is -1.67. The summed E-state index contributed by atoms with van der Waals surface area (Å²) in [6.45, 7) is 4.06. The Bertz CT molecular complexity index is 550. The molecule has 17 heavy (non-hydrogen) atoms. The number of halogens is 1. The molecule has 0 spiro atoms. The molecule has 0 atom stereocenters. The summed E-state index contributed by atoms with van der Waals surface area (Å²) in [7, 11) is 0. The Morgan fingerprint density at radius 1 is 1.00 bits per heavy atom. The van der Waals surface area contributed by atoms with Crippen LogP contribution in [0.3, 0.4) is 0 Å². The van der Waals surface area contributed by atoms with Crippen molar-refractivity contribution in [3.8, 4) is 0 Å². The summed E-state index contributed by atoms with van der Waals surface area (Å²) in [5.74, 6) is 0. The van der Waals surface area contributed by atoms with E-state index in [0.29, 0.717) is 5.02 Å². The van der Waals surface area contributed by atoms with Gasteiger partial charge in [0.1, 0.15) is 0 Å². The molecule has 0 saturated carbocycles. The molecule has 0 radical (unpaired) electrons. The maximum atomic E-state index is 6.14. The number of nitrogen functional groups attached to an aromatic ring is 1. The van der Waals surface area contributed by atoms with Crippen molar-refractivity contribution >= 4 is 28.7 Å². The molecule has 3 heteroatoms. The Kier molecular flexibility index (Phi) is 3.25. The first-order valence-corrected chi connectivity index (χ1v) is 5.83. The molecule has 2 aromatic carbocycles. The van der Waals surface area contributed by atoms with Crippen LogP contribution < -0.4 is 11.1 Å². The van der Waals surface area contributed by atoms with Crippen molar-refractivity contribution in [2.45, 2.75) is 13.8 Å². The van der Waals surface area contributed by atoms with Crippen LogP contribution in [-0.2, 0) is 0 Å². The molecule has 0 fully saturated rings. The second-order valence-corrected chi connectivity index (χ2v) is 4.59. The van der Waals surface area contributed by atoms with Crippen molar-refractivity contribution in [3.63, 3.8) is 0 Å². The van der Waals surface area contributed by atoms with Crippen molar-refractivity contribution in [1.82, 2.24) is 0 Å². The minimum absolute atomic E-state index is 0.715. The molecule has 2 rings (SSSR count). The molecule has 0 unspecified atom stereocenters. The Balaban J connectivity index is 2.34. The van der Waals surface area contributed by atoms with E-state index in [4.69, 9.17) is 17.3 Å². The minimum Gasteiger partial charge on any atom is -0.399 e. The van der Waals surface area contributed by atoms with Crippen LogP contribution in [0.5, 0.6) is 0 Å². The summed E-state index contributed by atoms with van der Waals surface area (Å²) < 4.78 is 0.